The second-order valence-electron chi connectivity index (χ2n) is 4.43. The SMILES string of the molecule is CC1OCCC1CNc1ccc([N+](=O)[O-])cc1Cl. The molecule has 1 aromatic rings. The van der Waals surface area contributed by atoms with Crippen LogP contribution in [-0.4, -0.2) is 24.2 Å². The van der Waals surface area contributed by atoms with E-state index in [1.807, 2.05) is 0 Å². The molecule has 0 radical (unpaired) electrons. The number of benzene rings is 1. The van der Waals surface area contributed by atoms with Crippen LogP contribution in [0.1, 0.15) is 13.3 Å². The summed E-state index contributed by atoms with van der Waals surface area (Å²) < 4.78 is 5.47. The standard InChI is InChI=1S/C12H15ClN2O3/c1-8-9(4-5-18-8)7-14-12-3-2-10(15(16)17)6-11(12)13/h2-3,6,8-9,14H,4-5,7H2,1H3. The summed E-state index contributed by atoms with van der Waals surface area (Å²) in [6, 6.07) is 4.45. The van der Waals surface area contributed by atoms with Crippen molar-refractivity contribution >= 4 is 23.0 Å². The number of hydrogen-bond acceptors (Lipinski definition) is 4. The topological polar surface area (TPSA) is 64.4 Å². The third-order valence-corrected chi connectivity index (χ3v) is 3.56. The van der Waals surface area contributed by atoms with Crippen LogP contribution in [-0.2, 0) is 4.74 Å². The molecular formula is C12H15ClN2O3. The maximum absolute atomic E-state index is 10.6. The highest BCUT2D eigenvalue weighted by molar-refractivity contribution is 6.33. The van der Waals surface area contributed by atoms with Gasteiger partial charge in [0, 0.05) is 31.2 Å². The van der Waals surface area contributed by atoms with Crippen molar-refractivity contribution in [1.82, 2.24) is 0 Å². The lowest BCUT2D eigenvalue weighted by molar-refractivity contribution is -0.384. The summed E-state index contributed by atoms with van der Waals surface area (Å²) in [5.41, 5.74) is 0.726. The largest absolute Gasteiger partial charge is 0.383 e. The molecule has 2 unspecified atom stereocenters. The summed E-state index contributed by atoms with van der Waals surface area (Å²) in [7, 11) is 0. The first-order valence-corrected chi connectivity index (χ1v) is 6.25. The molecule has 2 rings (SSSR count). The predicted molar refractivity (Wildman–Crippen MR) is 70.1 cm³/mol. The van der Waals surface area contributed by atoms with Crippen LogP contribution < -0.4 is 5.32 Å². The molecule has 98 valence electrons. The number of anilines is 1. The van der Waals surface area contributed by atoms with Crippen LogP contribution in [0, 0.1) is 16.0 Å². The van der Waals surface area contributed by atoms with Crippen LogP contribution in [0.15, 0.2) is 18.2 Å². The predicted octanol–water partition coefficient (Wildman–Crippen LogP) is 3.09. The van der Waals surface area contributed by atoms with Gasteiger partial charge in [0.15, 0.2) is 0 Å². The molecule has 0 aliphatic carbocycles. The van der Waals surface area contributed by atoms with E-state index >= 15 is 0 Å². The highest BCUT2D eigenvalue weighted by Gasteiger charge is 2.24. The molecule has 1 aromatic carbocycles. The van der Waals surface area contributed by atoms with Crippen LogP contribution in [0.25, 0.3) is 0 Å². The third-order valence-electron chi connectivity index (χ3n) is 3.25. The Kier molecular flexibility index (Phi) is 4.04. The molecular weight excluding hydrogens is 256 g/mol. The summed E-state index contributed by atoms with van der Waals surface area (Å²) >= 11 is 6.00. The van der Waals surface area contributed by atoms with Gasteiger partial charge in [-0.3, -0.25) is 10.1 Å². The van der Waals surface area contributed by atoms with Gasteiger partial charge in [-0.2, -0.15) is 0 Å². The average molecular weight is 271 g/mol. The van der Waals surface area contributed by atoms with Crippen LogP contribution in [0.3, 0.4) is 0 Å². The average Bonchev–Trinajstić information content (AvgIpc) is 2.73. The molecule has 6 heteroatoms. The van der Waals surface area contributed by atoms with E-state index in [9.17, 15) is 10.1 Å². The van der Waals surface area contributed by atoms with Crippen molar-refractivity contribution in [2.75, 3.05) is 18.5 Å². The van der Waals surface area contributed by atoms with Gasteiger partial charge >= 0.3 is 0 Å². The van der Waals surface area contributed by atoms with Crippen molar-refractivity contribution in [3.63, 3.8) is 0 Å². The van der Waals surface area contributed by atoms with Gasteiger partial charge in [0.1, 0.15) is 0 Å². The van der Waals surface area contributed by atoms with Crippen molar-refractivity contribution in [3.05, 3.63) is 33.3 Å². The zero-order valence-corrected chi connectivity index (χ0v) is 10.8. The van der Waals surface area contributed by atoms with Crippen molar-refractivity contribution in [2.45, 2.75) is 19.4 Å². The van der Waals surface area contributed by atoms with Gasteiger partial charge in [-0.05, 0) is 19.4 Å². The highest BCUT2D eigenvalue weighted by atomic mass is 35.5. The second-order valence-corrected chi connectivity index (χ2v) is 4.83. The summed E-state index contributed by atoms with van der Waals surface area (Å²) in [6.45, 7) is 3.61. The number of non-ortho nitro benzene ring substituents is 1. The minimum Gasteiger partial charge on any atom is -0.383 e. The fourth-order valence-electron chi connectivity index (χ4n) is 2.05. The summed E-state index contributed by atoms with van der Waals surface area (Å²) in [5.74, 6) is 0.455. The van der Waals surface area contributed by atoms with Crippen LogP contribution in [0.4, 0.5) is 11.4 Å². The first-order valence-electron chi connectivity index (χ1n) is 5.87. The van der Waals surface area contributed by atoms with E-state index in [0.29, 0.717) is 10.9 Å². The number of halogens is 1. The fourth-order valence-corrected chi connectivity index (χ4v) is 2.29. The van der Waals surface area contributed by atoms with E-state index in [4.69, 9.17) is 16.3 Å². The zero-order valence-electron chi connectivity index (χ0n) is 10.1. The molecule has 18 heavy (non-hydrogen) atoms. The van der Waals surface area contributed by atoms with Gasteiger partial charge in [-0.1, -0.05) is 11.6 Å². The molecule has 1 aliphatic heterocycles. The quantitative estimate of drug-likeness (QED) is 0.674. The summed E-state index contributed by atoms with van der Waals surface area (Å²) in [4.78, 5) is 10.1. The van der Waals surface area contributed by atoms with Crippen LogP contribution in [0.2, 0.25) is 5.02 Å². The molecule has 1 aliphatic rings. The minimum atomic E-state index is -0.456. The van der Waals surface area contributed by atoms with Crippen molar-refractivity contribution in [2.24, 2.45) is 5.92 Å². The number of nitrogens with one attached hydrogen (secondary N) is 1. The lowest BCUT2D eigenvalue weighted by Gasteiger charge is -2.16. The van der Waals surface area contributed by atoms with E-state index in [2.05, 4.69) is 12.2 Å². The Morgan fingerprint density at radius 2 is 2.39 bits per heavy atom. The van der Waals surface area contributed by atoms with Crippen LogP contribution in [0.5, 0.6) is 0 Å². The molecule has 1 N–H and O–H groups in total. The van der Waals surface area contributed by atoms with Gasteiger partial charge in [-0.15, -0.1) is 0 Å². The van der Waals surface area contributed by atoms with Gasteiger partial charge < -0.3 is 10.1 Å². The van der Waals surface area contributed by atoms with Gasteiger partial charge in [0.25, 0.3) is 5.69 Å². The van der Waals surface area contributed by atoms with Crippen LogP contribution >= 0.6 is 11.6 Å². The maximum atomic E-state index is 10.6. The van der Waals surface area contributed by atoms with Crippen molar-refractivity contribution < 1.29 is 9.66 Å². The fraction of sp³-hybridized carbons (Fsp3) is 0.500. The second kappa shape index (κ2) is 5.54. The number of nitro benzene ring substituents is 1. The van der Waals surface area contributed by atoms with Gasteiger partial charge in [0.05, 0.1) is 21.7 Å². The van der Waals surface area contributed by atoms with E-state index in [1.165, 1.54) is 12.1 Å². The molecule has 0 saturated carbocycles. The Morgan fingerprint density at radius 3 is 2.94 bits per heavy atom. The van der Waals surface area contributed by atoms with E-state index in [-0.39, 0.29) is 11.8 Å². The maximum Gasteiger partial charge on any atom is 0.271 e. The zero-order chi connectivity index (χ0) is 13.1. The molecule has 2 atom stereocenters. The number of ether oxygens (including phenoxy) is 1. The van der Waals surface area contributed by atoms with E-state index in [0.717, 1.165) is 25.3 Å². The molecule has 0 spiro atoms. The first kappa shape index (κ1) is 13.1. The number of nitro groups is 1. The minimum absolute atomic E-state index is 0.00289. The Balaban J connectivity index is 1.99. The van der Waals surface area contributed by atoms with Crippen molar-refractivity contribution in [3.8, 4) is 0 Å². The highest BCUT2D eigenvalue weighted by Crippen LogP contribution is 2.28. The molecule has 5 nitrogen and oxygen atoms in total. The van der Waals surface area contributed by atoms with E-state index in [1.54, 1.807) is 6.07 Å². The summed E-state index contributed by atoms with van der Waals surface area (Å²) in [6.07, 6.45) is 1.27. The van der Waals surface area contributed by atoms with E-state index < -0.39 is 4.92 Å². The van der Waals surface area contributed by atoms with Gasteiger partial charge in [-0.25, -0.2) is 0 Å². The van der Waals surface area contributed by atoms with Gasteiger partial charge in [0.2, 0.25) is 0 Å². The Hall–Kier alpha value is -1.33. The number of hydrogen-bond donors (Lipinski definition) is 1. The Bertz CT molecular complexity index is 453. The smallest absolute Gasteiger partial charge is 0.271 e. The normalized spacial score (nSPS) is 23.0. The summed E-state index contributed by atoms with van der Waals surface area (Å²) in [5, 5.41) is 14.2. The molecule has 0 amide bonds. The third kappa shape index (κ3) is 2.91. The Morgan fingerprint density at radius 1 is 1.61 bits per heavy atom. The monoisotopic (exact) mass is 270 g/mol. The molecule has 0 aromatic heterocycles. The lowest BCUT2D eigenvalue weighted by Crippen LogP contribution is -2.20. The molecule has 1 heterocycles. The molecule has 1 saturated heterocycles. The number of rotatable bonds is 4. The number of nitrogens with zero attached hydrogens (tertiary/aromatic N) is 1. The first-order chi connectivity index (χ1) is 8.58. The molecule has 1 fully saturated rings. The van der Waals surface area contributed by atoms with Crippen molar-refractivity contribution in [1.29, 1.82) is 0 Å². The lowest BCUT2D eigenvalue weighted by atomic mass is 10.0. The Labute approximate surface area is 110 Å². The molecule has 0 bridgehead atoms.